The average molecular weight is 192 g/mol. The van der Waals surface area contributed by atoms with Crippen molar-refractivity contribution in [1.29, 1.82) is 0 Å². The lowest BCUT2D eigenvalue weighted by molar-refractivity contribution is -0.131. The maximum absolute atomic E-state index is 11.6. The topological polar surface area (TPSA) is 42.0 Å². The van der Waals surface area contributed by atoms with Crippen LogP contribution >= 0.6 is 11.3 Å². The number of carbonyl (C=O) groups is 1. The Labute approximate surface area is 71.4 Å². The first kappa shape index (κ1) is 9.05. The fraction of sp³-hybridized carbons (Fsp3) is 0.333. The molecule has 0 aromatic carbocycles. The van der Waals surface area contributed by atoms with Crippen LogP contribution in [-0.2, 0) is 11.3 Å². The molecule has 0 bridgehead atoms. The third-order valence-electron chi connectivity index (χ3n) is 1.13. The van der Waals surface area contributed by atoms with Gasteiger partial charge in [-0.3, -0.25) is 4.79 Å². The van der Waals surface area contributed by atoms with Gasteiger partial charge in [0.2, 0.25) is 0 Å². The van der Waals surface area contributed by atoms with Gasteiger partial charge in [-0.25, -0.2) is 4.98 Å². The predicted molar refractivity (Wildman–Crippen MR) is 40.0 cm³/mol. The summed E-state index contributed by atoms with van der Waals surface area (Å²) >= 11 is 1.35. The summed E-state index contributed by atoms with van der Waals surface area (Å²) in [6, 6.07) is 0. The number of nitrogens with one attached hydrogen (secondary N) is 1. The monoisotopic (exact) mass is 192 g/mol. The molecule has 12 heavy (non-hydrogen) atoms. The Balaban J connectivity index is 2.32. The Kier molecular flexibility index (Phi) is 3.09. The molecule has 0 spiro atoms. The molecule has 1 rings (SSSR count). The second-order valence-corrected chi connectivity index (χ2v) is 2.72. The van der Waals surface area contributed by atoms with E-state index in [-0.39, 0.29) is 6.54 Å². The molecule has 0 aliphatic heterocycles. The van der Waals surface area contributed by atoms with E-state index < -0.39 is 12.3 Å². The van der Waals surface area contributed by atoms with Gasteiger partial charge in [0.05, 0.1) is 17.7 Å². The summed E-state index contributed by atoms with van der Waals surface area (Å²) < 4.78 is 23.3. The van der Waals surface area contributed by atoms with E-state index in [2.05, 4.69) is 4.98 Å². The van der Waals surface area contributed by atoms with E-state index in [4.69, 9.17) is 0 Å². The zero-order chi connectivity index (χ0) is 8.97. The summed E-state index contributed by atoms with van der Waals surface area (Å²) in [5.74, 6) is -1.26. The highest BCUT2D eigenvalue weighted by Gasteiger charge is 2.13. The molecule has 6 heteroatoms. The Morgan fingerprint density at radius 1 is 1.75 bits per heavy atom. The molecule has 0 saturated heterocycles. The van der Waals surface area contributed by atoms with Gasteiger partial charge in [0.15, 0.2) is 0 Å². The zero-order valence-corrected chi connectivity index (χ0v) is 6.78. The van der Waals surface area contributed by atoms with Crippen molar-refractivity contribution in [2.24, 2.45) is 0 Å². The van der Waals surface area contributed by atoms with E-state index in [1.54, 1.807) is 10.9 Å². The fourth-order valence-corrected chi connectivity index (χ4v) is 1.14. The van der Waals surface area contributed by atoms with E-state index >= 15 is 0 Å². The first-order chi connectivity index (χ1) is 5.70. The molecule has 0 saturated carbocycles. The van der Waals surface area contributed by atoms with Crippen molar-refractivity contribution >= 4 is 17.2 Å². The molecule has 1 N–H and O–H groups in total. The molecule has 0 unspecified atom stereocenters. The lowest BCUT2D eigenvalue weighted by Gasteiger charge is -2.00. The van der Waals surface area contributed by atoms with Crippen LogP contribution in [0.3, 0.4) is 0 Å². The molecule has 1 aromatic rings. The Bertz CT molecular complexity index is 250. The van der Waals surface area contributed by atoms with Gasteiger partial charge in [0.25, 0.3) is 5.91 Å². The molecule has 1 amide bonds. The number of alkyl halides is 2. The summed E-state index contributed by atoms with van der Waals surface area (Å²) in [4.78, 5) is 14.2. The van der Waals surface area contributed by atoms with Crippen LogP contribution in [-0.4, -0.2) is 17.3 Å². The van der Waals surface area contributed by atoms with Gasteiger partial charge in [-0.2, -0.15) is 8.78 Å². The number of halogens is 2. The van der Waals surface area contributed by atoms with Gasteiger partial charge >= 0.3 is 6.43 Å². The summed E-state index contributed by atoms with van der Waals surface area (Å²) in [6.07, 6.45) is -2.95. The van der Waals surface area contributed by atoms with E-state index in [1.807, 2.05) is 5.32 Å². The van der Waals surface area contributed by atoms with Crippen LogP contribution in [0.25, 0.3) is 0 Å². The standard InChI is InChI=1S/C6H6F2N2OS/c7-5(8)6(11)9-1-4-2-12-3-10-4/h2-3,5H,1H2,(H,9,11). The molecule has 0 aliphatic rings. The molecule has 0 fully saturated rings. The van der Waals surface area contributed by atoms with Crippen LogP contribution in [0.2, 0.25) is 0 Å². The highest BCUT2D eigenvalue weighted by Crippen LogP contribution is 2.00. The van der Waals surface area contributed by atoms with Crippen LogP contribution in [0.4, 0.5) is 8.78 Å². The molecule has 0 aliphatic carbocycles. The van der Waals surface area contributed by atoms with Crippen molar-refractivity contribution in [1.82, 2.24) is 10.3 Å². The minimum Gasteiger partial charge on any atom is -0.345 e. The second-order valence-electron chi connectivity index (χ2n) is 2.00. The van der Waals surface area contributed by atoms with Crippen LogP contribution in [0, 0.1) is 0 Å². The molecular formula is C6H6F2N2OS. The van der Waals surface area contributed by atoms with Gasteiger partial charge in [-0.05, 0) is 0 Å². The van der Waals surface area contributed by atoms with Gasteiger partial charge in [0, 0.05) is 5.38 Å². The van der Waals surface area contributed by atoms with Crippen molar-refractivity contribution in [2.75, 3.05) is 0 Å². The van der Waals surface area contributed by atoms with Crippen molar-refractivity contribution in [2.45, 2.75) is 13.0 Å². The number of hydrogen-bond donors (Lipinski definition) is 1. The Morgan fingerprint density at radius 3 is 3.00 bits per heavy atom. The largest absolute Gasteiger partial charge is 0.345 e. The van der Waals surface area contributed by atoms with Crippen LogP contribution in [0.5, 0.6) is 0 Å². The summed E-state index contributed by atoms with van der Waals surface area (Å²) in [5, 5.41) is 3.73. The third kappa shape index (κ3) is 2.54. The number of rotatable bonds is 3. The molecule has 0 atom stereocenters. The number of thiazole rings is 1. The maximum atomic E-state index is 11.6. The van der Waals surface area contributed by atoms with Crippen molar-refractivity contribution < 1.29 is 13.6 Å². The summed E-state index contributed by atoms with van der Waals surface area (Å²) in [7, 11) is 0. The van der Waals surface area contributed by atoms with Crippen LogP contribution in [0.1, 0.15) is 5.69 Å². The number of amides is 1. The third-order valence-corrected chi connectivity index (χ3v) is 1.76. The molecule has 1 heterocycles. The lowest BCUT2D eigenvalue weighted by Crippen LogP contribution is -2.28. The van der Waals surface area contributed by atoms with Crippen molar-refractivity contribution in [3.63, 3.8) is 0 Å². The second kappa shape index (κ2) is 4.10. The Morgan fingerprint density at radius 2 is 2.50 bits per heavy atom. The number of hydrogen-bond acceptors (Lipinski definition) is 3. The quantitative estimate of drug-likeness (QED) is 0.777. The number of carbonyl (C=O) groups excluding carboxylic acids is 1. The van der Waals surface area contributed by atoms with E-state index in [0.29, 0.717) is 5.69 Å². The van der Waals surface area contributed by atoms with E-state index in [0.717, 1.165) is 0 Å². The molecular weight excluding hydrogens is 186 g/mol. The van der Waals surface area contributed by atoms with E-state index in [9.17, 15) is 13.6 Å². The first-order valence-electron chi connectivity index (χ1n) is 3.13. The predicted octanol–water partition coefficient (Wildman–Crippen LogP) is 1.02. The SMILES string of the molecule is O=C(NCc1cscn1)C(F)F. The average Bonchev–Trinajstić information content (AvgIpc) is 2.51. The summed E-state index contributed by atoms with van der Waals surface area (Å²) in [6.45, 7) is 0.0622. The minimum absolute atomic E-state index is 0.0622. The normalized spacial score (nSPS) is 10.2. The lowest BCUT2D eigenvalue weighted by atomic mass is 10.5. The van der Waals surface area contributed by atoms with Gasteiger partial charge in [0.1, 0.15) is 0 Å². The summed E-state index contributed by atoms with van der Waals surface area (Å²) in [5.41, 5.74) is 2.16. The van der Waals surface area contributed by atoms with Crippen molar-refractivity contribution in [3.8, 4) is 0 Å². The highest BCUT2D eigenvalue weighted by atomic mass is 32.1. The van der Waals surface area contributed by atoms with E-state index in [1.165, 1.54) is 11.3 Å². The zero-order valence-electron chi connectivity index (χ0n) is 5.96. The molecule has 3 nitrogen and oxygen atoms in total. The highest BCUT2D eigenvalue weighted by molar-refractivity contribution is 7.07. The minimum atomic E-state index is -2.95. The van der Waals surface area contributed by atoms with Crippen LogP contribution in [0.15, 0.2) is 10.9 Å². The molecule has 0 radical (unpaired) electrons. The van der Waals surface area contributed by atoms with Gasteiger partial charge < -0.3 is 5.32 Å². The smallest absolute Gasteiger partial charge is 0.315 e. The number of aromatic nitrogens is 1. The van der Waals surface area contributed by atoms with Gasteiger partial charge in [-0.15, -0.1) is 11.3 Å². The molecule has 66 valence electrons. The first-order valence-corrected chi connectivity index (χ1v) is 4.07. The van der Waals surface area contributed by atoms with Gasteiger partial charge in [-0.1, -0.05) is 0 Å². The fourth-order valence-electron chi connectivity index (χ4n) is 0.580. The maximum Gasteiger partial charge on any atom is 0.315 e. The molecule has 1 aromatic heterocycles. The van der Waals surface area contributed by atoms with Crippen molar-refractivity contribution in [3.05, 3.63) is 16.6 Å². The number of nitrogens with zero attached hydrogens (tertiary/aromatic N) is 1. The Hall–Kier alpha value is -1.04. The van der Waals surface area contributed by atoms with Crippen LogP contribution < -0.4 is 5.32 Å².